The zero-order valence-electron chi connectivity index (χ0n) is 12.7. The normalized spacial score (nSPS) is 20.4. The van der Waals surface area contributed by atoms with E-state index in [4.69, 9.17) is 0 Å². The fraction of sp³-hybridized carbons (Fsp3) is 0.647. The van der Waals surface area contributed by atoms with E-state index in [1.807, 2.05) is 0 Å². The van der Waals surface area contributed by atoms with E-state index in [2.05, 4.69) is 61.3 Å². The summed E-state index contributed by atoms with van der Waals surface area (Å²) < 4.78 is 0. The predicted molar refractivity (Wildman–Crippen MR) is 82.6 cm³/mol. The van der Waals surface area contributed by atoms with Crippen molar-refractivity contribution in [1.82, 2.24) is 10.2 Å². The first kappa shape index (κ1) is 14.5. The molecular formula is C17H28N2. The van der Waals surface area contributed by atoms with Gasteiger partial charge in [0.05, 0.1) is 0 Å². The molecule has 0 aromatic heterocycles. The Labute approximate surface area is 118 Å². The van der Waals surface area contributed by atoms with Crippen LogP contribution in [0, 0.1) is 0 Å². The van der Waals surface area contributed by atoms with Crippen molar-refractivity contribution in [3.8, 4) is 0 Å². The van der Waals surface area contributed by atoms with E-state index in [0.717, 1.165) is 26.2 Å². The van der Waals surface area contributed by atoms with Crippen molar-refractivity contribution in [3.05, 3.63) is 35.9 Å². The van der Waals surface area contributed by atoms with Crippen LogP contribution in [-0.2, 0) is 0 Å². The first-order chi connectivity index (χ1) is 9.24. The molecule has 1 N–H and O–H groups in total. The lowest BCUT2D eigenvalue weighted by Gasteiger charge is -2.50. The molecule has 0 saturated carbocycles. The van der Waals surface area contributed by atoms with Gasteiger partial charge in [0.1, 0.15) is 0 Å². The first-order valence-electron chi connectivity index (χ1n) is 7.75. The summed E-state index contributed by atoms with van der Waals surface area (Å²) in [6.07, 6.45) is 2.51. The van der Waals surface area contributed by atoms with Gasteiger partial charge in [-0.3, -0.25) is 4.90 Å². The molecule has 0 spiro atoms. The topological polar surface area (TPSA) is 15.3 Å². The van der Waals surface area contributed by atoms with Gasteiger partial charge in [-0.25, -0.2) is 0 Å². The van der Waals surface area contributed by atoms with E-state index in [9.17, 15) is 0 Å². The molecule has 0 radical (unpaired) electrons. The zero-order chi connectivity index (χ0) is 13.7. The van der Waals surface area contributed by atoms with Gasteiger partial charge in [0.25, 0.3) is 0 Å². The highest BCUT2D eigenvalue weighted by Gasteiger charge is 2.41. The van der Waals surface area contributed by atoms with Gasteiger partial charge in [-0.05, 0) is 50.5 Å². The van der Waals surface area contributed by atoms with E-state index >= 15 is 0 Å². The number of benzene rings is 1. The Morgan fingerprint density at radius 3 is 2.21 bits per heavy atom. The lowest BCUT2D eigenvalue weighted by atomic mass is 9.73. The summed E-state index contributed by atoms with van der Waals surface area (Å²) in [6, 6.07) is 11.0. The quantitative estimate of drug-likeness (QED) is 0.874. The molecule has 106 valence electrons. The van der Waals surface area contributed by atoms with Crippen molar-refractivity contribution in [3.63, 3.8) is 0 Å². The van der Waals surface area contributed by atoms with E-state index in [-0.39, 0.29) is 0 Å². The Morgan fingerprint density at radius 2 is 1.68 bits per heavy atom. The van der Waals surface area contributed by atoms with Crippen molar-refractivity contribution in [2.24, 2.45) is 0 Å². The number of likely N-dealkylation sites (N-methyl/N-ethyl adjacent to an activating group) is 1. The van der Waals surface area contributed by atoms with Gasteiger partial charge in [-0.1, -0.05) is 51.1 Å². The zero-order valence-corrected chi connectivity index (χ0v) is 12.7. The van der Waals surface area contributed by atoms with E-state index < -0.39 is 0 Å². The molecule has 1 aliphatic rings. The Kier molecular flexibility index (Phi) is 5.00. The van der Waals surface area contributed by atoms with E-state index in [1.54, 1.807) is 0 Å². The molecule has 2 rings (SSSR count). The highest BCUT2D eigenvalue weighted by molar-refractivity contribution is 5.24. The monoisotopic (exact) mass is 260 g/mol. The highest BCUT2D eigenvalue weighted by atomic mass is 15.2. The summed E-state index contributed by atoms with van der Waals surface area (Å²) in [4.78, 5) is 2.69. The second-order valence-electron chi connectivity index (χ2n) is 5.66. The molecule has 2 nitrogen and oxygen atoms in total. The summed E-state index contributed by atoms with van der Waals surface area (Å²) in [7, 11) is 0. The molecule has 0 aliphatic carbocycles. The molecule has 1 aromatic carbocycles. The maximum atomic E-state index is 3.52. The summed E-state index contributed by atoms with van der Waals surface area (Å²) in [5, 5.41) is 3.52. The average Bonchev–Trinajstić information content (AvgIpc) is 2.49. The molecule has 1 aliphatic heterocycles. The summed E-state index contributed by atoms with van der Waals surface area (Å²) in [6.45, 7) is 11.6. The van der Waals surface area contributed by atoms with Crippen LogP contribution in [0.5, 0.6) is 0 Å². The lowest BCUT2D eigenvalue weighted by Crippen LogP contribution is -2.57. The van der Waals surface area contributed by atoms with Crippen molar-refractivity contribution >= 4 is 0 Å². The Hall–Kier alpha value is -0.860. The Balaban J connectivity index is 2.31. The molecular weight excluding hydrogens is 232 g/mol. The van der Waals surface area contributed by atoms with Gasteiger partial charge in [0.2, 0.25) is 0 Å². The second kappa shape index (κ2) is 6.53. The molecule has 19 heavy (non-hydrogen) atoms. The lowest BCUT2D eigenvalue weighted by molar-refractivity contribution is 0.0445. The fourth-order valence-electron chi connectivity index (χ4n) is 3.79. The highest BCUT2D eigenvalue weighted by Crippen LogP contribution is 2.39. The van der Waals surface area contributed by atoms with Gasteiger partial charge in [-0.2, -0.15) is 0 Å². The maximum absolute atomic E-state index is 3.52. The van der Waals surface area contributed by atoms with Crippen LogP contribution >= 0.6 is 0 Å². The minimum atomic E-state index is 0.329. The number of nitrogens with zero attached hydrogens (tertiary/aromatic N) is 1. The van der Waals surface area contributed by atoms with Crippen molar-refractivity contribution in [2.75, 3.05) is 26.2 Å². The van der Waals surface area contributed by atoms with E-state index in [1.165, 1.54) is 18.4 Å². The van der Waals surface area contributed by atoms with Crippen molar-refractivity contribution in [1.29, 1.82) is 0 Å². The van der Waals surface area contributed by atoms with Gasteiger partial charge in [-0.15, -0.1) is 0 Å². The van der Waals surface area contributed by atoms with Crippen molar-refractivity contribution < 1.29 is 0 Å². The van der Waals surface area contributed by atoms with Crippen LogP contribution in [0.4, 0.5) is 0 Å². The number of nitrogens with one attached hydrogen (secondary N) is 1. The minimum absolute atomic E-state index is 0.329. The molecule has 2 heteroatoms. The van der Waals surface area contributed by atoms with Gasteiger partial charge >= 0.3 is 0 Å². The van der Waals surface area contributed by atoms with Crippen LogP contribution in [0.3, 0.4) is 0 Å². The summed E-state index contributed by atoms with van der Waals surface area (Å²) in [5.41, 5.74) is 1.81. The largest absolute Gasteiger partial charge is 0.317 e. The minimum Gasteiger partial charge on any atom is -0.317 e. The summed E-state index contributed by atoms with van der Waals surface area (Å²) in [5.74, 6) is 0.593. The molecule has 0 bridgehead atoms. The van der Waals surface area contributed by atoms with Gasteiger partial charge in [0.15, 0.2) is 0 Å². The smallest absolute Gasteiger partial charge is 0.0299 e. The maximum Gasteiger partial charge on any atom is 0.0299 e. The number of piperidine rings is 1. The molecule has 1 heterocycles. The Morgan fingerprint density at radius 1 is 1.11 bits per heavy atom. The van der Waals surface area contributed by atoms with Crippen LogP contribution in [0.25, 0.3) is 0 Å². The van der Waals surface area contributed by atoms with Crippen LogP contribution < -0.4 is 5.32 Å². The molecule has 0 amide bonds. The summed E-state index contributed by atoms with van der Waals surface area (Å²) >= 11 is 0. The fourth-order valence-corrected chi connectivity index (χ4v) is 3.79. The standard InChI is InChI=1S/C17H28N2/c1-4-19(5-2)17(11-13-18-14-12-17)15(3)16-9-7-6-8-10-16/h6-10,15,18H,4-5,11-14H2,1-3H3. The molecule has 1 saturated heterocycles. The predicted octanol–water partition coefficient (Wildman–Crippen LogP) is 3.25. The van der Waals surface area contributed by atoms with E-state index in [0.29, 0.717) is 11.5 Å². The third-order valence-electron chi connectivity index (χ3n) is 4.97. The number of hydrogen-bond acceptors (Lipinski definition) is 2. The molecule has 1 aromatic rings. The van der Waals surface area contributed by atoms with Crippen LogP contribution in [0.1, 0.15) is 45.1 Å². The number of rotatable bonds is 5. The first-order valence-corrected chi connectivity index (χ1v) is 7.75. The second-order valence-corrected chi connectivity index (χ2v) is 5.66. The van der Waals surface area contributed by atoms with Crippen LogP contribution in [0.2, 0.25) is 0 Å². The Bertz CT molecular complexity index is 364. The number of hydrogen-bond donors (Lipinski definition) is 1. The molecule has 1 unspecified atom stereocenters. The van der Waals surface area contributed by atoms with Gasteiger partial charge < -0.3 is 5.32 Å². The molecule has 1 atom stereocenters. The third kappa shape index (κ3) is 2.85. The SMILES string of the molecule is CCN(CC)C1(C(C)c2ccccc2)CCNCC1. The third-order valence-corrected chi connectivity index (χ3v) is 4.97. The van der Waals surface area contributed by atoms with Crippen LogP contribution in [-0.4, -0.2) is 36.6 Å². The average molecular weight is 260 g/mol. The van der Waals surface area contributed by atoms with Crippen LogP contribution in [0.15, 0.2) is 30.3 Å². The molecule has 1 fully saturated rings. The van der Waals surface area contributed by atoms with Gasteiger partial charge in [0, 0.05) is 5.54 Å². The van der Waals surface area contributed by atoms with Crippen molar-refractivity contribution in [2.45, 2.75) is 45.1 Å².